The highest BCUT2D eigenvalue weighted by Crippen LogP contribution is 2.31. The average molecular weight is 422 g/mol. The topological polar surface area (TPSA) is 64.0 Å². The van der Waals surface area contributed by atoms with E-state index in [2.05, 4.69) is 5.32 Å². The fourth-order valence-electron chi connectivity index (χ4n) is 4.08. The zero-order valence-electron chi connectivity index (χ0n) is 17.5. The van der Waals surface area contributed by atoms with Crippen molar-refractivity contribution < 1.29 is 4.79 Å². The molecule has 0 radical (unpaired) electrons. The van der Waals surface area contributed by atoms with Gasteiger partial charge < -0.3 is 5.32 Å². The smallest absolute Gasteiger partial charge is 0.262 e. The summed E-state index contributed by atoms with van der Waals surface area (Å²) in [5.74, 6) is 0.122. The summed E-state index contributed by atoms with van der Waals surface area (Å²) in [6.45, 7) is 3.99. The molecule has 1 aromatic heterocycles. The number of carbonyl (C=O) groups excluding carboxylic acids is 1. The van der Waals surface area contributed by atoms with Crippen LogP contribution in [0.15, 0.2) is 52.4 Å². The Labute approximate surface area is 180 Å². The molecule has 0 aliphatic heterocycles. The Hall–Kier alpha value is -2.60. The molecule has 0 atom stereocenters. The first-order chi connectivity index (χ1) is 14.5. The standard InChI is InChI=1S/C24H27N3O2S/c1-16-12-13-17(2)21(14-16)25-22(28)15-30-24-26-20-11-7-6-10-19(20)23(29)27(24)18-8-4-3-5-9-18/h6-7,10-14,18H,3-5,8-9,15H2,1-2H3,(H,25,28). The molecule has 30 heavy (non-hydrogen) atoms. The first-order valence-corrected chi connectivity index (χ1v) is 11.5. The van der Waals surface area contributed by atoms with Gasteiger partial charge in [0, 0.05) is 11.7 Å². The molecule has 1 N–H and O–H groups in total. The lowest BCUT2D eigenvalue weighted by Gasteiger charge is -2.26. The number of anilines is 1. The molecule has 1 aliphatic carbocycles. The van der Waals surface area contributed by atoms with Gasteiger partial charge in [-0.3, -0.25) is 14.2 Å². The van der Waals surface area contributed by atoms with Gasteiger partial charge in [0.1, 0.15) is 0 Å². The Morgan fingerprint density at radius 2 is 1.90 bits per heavy atom. The summed E-state index contributed by atoms with van der Waals surface area (Å²) in [5.41, 5.74) is 3.65. The third kappa shape index (κ3) is 4.43. The second-order valence-corrected chi connectivity index (χ2v) is 8.98. The number of benzene rings is 2. The first kappa shape index (κ1) is 20.7. The number of fused-ring (bicyclic) bond motifs is 1. The Bertz CT molecular complexity index is 1130. The number of rotatable bonds is 5. The molecule has 6 heteroatoms. The summed E-state index contributed by atoms with van der Waals surface area (Å²) in [7, 11) is 0. The number of para-hydroxylation sites is 1. The molecule has 3 aromatic rings. The number of hydrogen-bond acceptors (Lipinski definition) is 4. The Morgan fingerprint density at radius 1 is 1.13 bits per heavy atom. The molecule has 0 saturated heterocycles. The van der Waals surface area contributed by atoms with Crippen molar-refractivity contribution in [1.29, 1.82) is 0 Å². The molecule has 1 aliphatic rings. The second kappa shape index (κ2) is 9.04. The van der Waals surface area contributed by atoms with E-state index >= 15 is 0 Å². The van der Waals surface area contributed by atoms with Crippen LogP contribution in [0, 0.1) is 13.8 Å². The third-order valence-corrected chi connectivity index (χ3v) is 6.67. The largest absolute Gasteiger partial charge is 0.325 e. The van der Waals surface area contributed by atoms with Crippen molar-refractivity contribution in [2.75, 3.05) is 11.1 Å². The van der Waals surface area contributed by atoms with Gasteiger partial charge in [0.15, 0.2) is 5.16 Å². The van der Waals surface area contributed by atoms with Crippen LogP contribution in [-0.2, 0) is 4.79 Å². The number of thioether (sulfide) groups is 1. The lowest BCUT2D eigenvalue weighted by molar-refractivity contribution is -0.113. The molecule has 1 amide bonds. The van der Waals surface area contributed by atoms with E-state index in [1.807, 2.05) is 60.9 Å². The number of hydrogen-bond donors (Lipinski definition) is 1. The van der Waals surface area contributed by atoms with E-state index in [9.17, 15) is 9.59 Å². The number of aromatic nitrogens is 2. The van der Waals surface area contributed by atoms with Crippen molar-refractivity contribution in [3.05, 3.63) is 63.9 Å². The van der Waals surface area contributed by atoms with Gasteiger partial charge in [-0.2, -0.15) is 0 Å². The van der Waals surface area contributed by atoms with Crippen LogP contribution in [0.5, 0.6) is 0 Å². The number of aryl methyl sites for hydroxylation is 2. The number of carbonyl (C=O) groups is 1. The number of nitrogens with one attached hydrogen (secondary N) is 1. The van der Waals surface area contributed by atoms with E-state index in [1.165, 1.54) is 18.2 Å². The quantitative estimate of drug-likeness (QED) is 0.451. The van der Waals surface area contributed by atoms with Gasteiger partial charge in [-0.05, 0) is 56.0 Å². The molecular formula is C24H27N3O2S. The number of amides is 1. The van der Waals surface area contributed by atoms with Crippen LogP contribution in [0.1, 0.15) is 49.3 Å². The fourth-order valence-corrected chi connectivity index (χ4v) is 4.94. The molecule has 0 spiro atoms. The Balaban J connectivity index is 1.60. The van der Waals surface area contributed by atoms with Crippen LogP contribution in [0.4, 0.5) is 5.69 Å². The highest BCUT2D eigenvalue weighted by Gasteiger charge is 2.22. The monoisotopic (exact) mass is 421 g/mol. The first-order valence-electron chi connectivity index (χ1n) is 10.5. The summed E-state index contributed by atoms with van der Waals surface area (Å²) < 4.78 is 1.84. The van der Waals surface area contributed by atoms with E-state index in [1.54, 1.807) is 0 Å². The van der Waals surface area contributed by atoms with Gasteiger partial charge in [0.05, 0.1) is 16.7 Å². The molecule has 1 saturated carbocycles. The van der Waals surface area contributed by atoms with Crippen LogP contribution in [0.25, 0.3) is 10.9 Å². The van der Waals surface area contributed by atoms with Crippen LogP contribution in [0.2, 0.25) is 0 Å². The molecular weight excluding hydrogens is 394 g/mol. The zero-order valence-corrected chi connectivity index (χ0v) is 18.3. The van der Waals surface area contributed by atoms with Gasteiger partial charge in [-0.15, -0.1) is 0 Å². The van der Waals surface area contributed by atoms with Crippen LogP contribution < -0.4 is 10.9 Å². The molecule has 0 unspecified atom stereocenters. The molecule has 1 heterocycles. The summed E-state index contributed by atoms with van der Waals surface area (Å²) >= 11 is 1.35. The van der Waals surface area contributed by atoms with E-state index < -0.39 is 0 Å². The summed E-state index contributed by atoms with van der Waals surface area (Å²) in [6.07, 6.45) is 5.44. The molecule has 156 valence electrons. The van der Waals surface area contributed by atoms with Gasteiger partial charge >= 0.3 is 0 Å². The van der Waals surface area contributed by atoms with Gasteiger partial charge in [-0.1, -0.05) is 55.3 Å². The lowest BCUT2D eigenvalue weighted by Crippen LogP contribution is -2.29. The third-order valence-electron chi connectivity index (χ3n) is 5.71. The Morgan fingerprint density at radius 3 is 2.70 bits per heavy atom. The minimum atomic E-state index is -0.0914. The summed E-state index contributed by atoms with van der Waals surface area (Å²) in [5, 5.41) is 4.28. The highest BCUT2D eigenvalue weighted by atomic mass is 32.2. The summed E-state index contributed by atoms with van der Waals surface area (Å²) in [6, 6.07) is 13.6. The SMILES string of the molecule is Cc1ccc(C)c(NC(=O)CSc2nc3ccccc3c(=O)n2C2CCCCC2)c1. The molecule has 4 rings (SSSR count). The zero-order chi connectivity index (χ0) is 21.1. The van der Waals surface area contributed by atoms with Gasteiger partial charge in [-0.25, -0.2) is 4.98 Å². The summed E-state index contributed by atoms with van der Waals surface area (Å²) in [4.78, 5) is 30.7. The van der Waals surface area contributed by atoms with Crippen LogP contribution >= 0.6 is 11.8 Å². The van der Waals surface area contributed by atoms with Crippen LogP contribution in [0.3, 0.4) is 0 Å². The van der Waals surface area contributed by atoms with Crippen molar-refractivity contribution in [3.8, 4) is 0 Å². The minimum absolute atomic E-state index is 0.00457. The van der Waals surface area contributed by atoms with E-state index in [0.717, 1.165) is 42.5 Å². The van der Waals surface area contributed by atoms with Crippen molar-refractivity contribution in [2.24, 2.45) is 0 Å². The van der Waals surface area contributed by atoms with Crippen LogP contribution in [-0.4, -0.2) is 21.2 Å². The number of nitrogens with zero attached hydrogens (tertiary/aromatic N) is 2. The maximum atomic E-state index is 13.3. The van der Waals surface area contributed by atoms with Crippen molar-refractivity contribution in [2.45, 2.75) is 57.1 Å². The normalized spacial score (nSPS) is 14.7. The van der Waals surface area contributed by atoms with Crippen molar-refractivity contribution >= 4 is 34.3 Å². The Kier molecular flexibility index (Phi) is 6.23. The molecule has 5 nitrogen and oxygen atoms in total. The predicted molar refractivity (Wildman–Crippen MR) is 123 cm³/mol. The maximum Gasteiger partial charge on any atom is 0.262 e. The molecule has 1 fully saturated rings. The lowest BCUT2D eigenvalue weighted by atomic mass is 9.95. The second-order valence-electron chi connectivity index (χ2n) is 8.03. The average Bonchev–Trinajstić information content (AvgIpc) is 2.75. The van der Waals surface area contributed by atoms with Crippen molar-refractivity contribution in [1.82, 2.24) is 9.55 Å². The molecule has 0 bridgehead atoms. The van der Waals surface area contributed by atoms with Gasteiger partial charge in [0.25, 0.3) is 5.56 Å². The van der Waals surface area contributed by atoms with Crippen molar-refractivity contribution in [3.63, 3.8) is 0 Å². The van der Waals surface area contributed by atoms with E-state index in [-0.39, 0.29) is 23.3 Å². The molecule has 2 aromatic carbocycles. The van der Waals surface area contributed by atoms with E-state index in [4.69, 9.17) is 4.98 Å². The van der Waals surface area contributed by atoms with Gasteiger partial charge in [0.2, 0.25) is 5.91 Å². The minimum Gasteiger partial charge on any atom is -0.325 e. The fraction of sp³-hybridized carbons (Fsp3) is 0.375. The predicted octanol–water partition coefficient (Wildman–Crippen LogP) is 5.25. The maximum absolute atomic E-state index is 13.3. The highest BCUT2D eigenvalue weighted by molar-refractivity contribution is 7.99. The van der Waals surface area contributed by atoms with E-state index in [0.29, 0.717) is 16.1 Å².